The summed E-state index contributed by atoms with van der Waals surface area (Å²) in [4.78, 5) is 8.53. The standard InChI is InChI=1S/C16H10N6S/c1-23-16-20-7-6-14(22-16)11-2-4-13(5-3-11)21-15(10-19)12(8-17)9-18/h2-7,21H,1H3. The van der Waals surface area contributed by atoms with E-state index in [1.165, 1.54) is 11.8 Å². The first-order valence-electron chi connectivity index (χ1n) is 6.41. The second-order valence-corrected chi connectivity index (χ2v) is 4.99. The van der Waals surface area contributed by atoms with E-state index in [4.69, 9.17) is 15.8 Å². The molecule has 2 rings (SSSR count). The van der Waals surface area contributed by atoms with Crippen LogP contribution in [0.4, 0.5) is 5.69 Å². The van der Waals surface area contributed by atoms with Crippen molar-refractivity contribution in [3.63, 3.8) is 0 Å². The molecule has 0 aliphatic heterocycles. The summed E-state index contributed by atoms with van der Waals surface area (Å²) >= 11 is 1.46. The lowest BCUT2D eigenvalue weighted by molar-refractivity contribution is 0.976. The Morgan fingerprint density at radius 1 is 1.04 bits per heavy atom. The van der Waals surface area contributed by atoms with E-state index in [2.05, 4.69) is 15.3 Å². The van der Waals surface area contributed by atoms with Crippen LogP contribution in [0.25, 0.3) is 11.3 Å². The zero-order chi connectivity index (χ0) is 16.7. The number of rotatable bonds is 4. The molecule has 1 heterocycles. The maximum Gasteiger partial charge on any atom is 0.187 e. The number of anilines is 1. The highest BCUT2D eigenvalue weighted by atomic mass is 32.2. The maximum absolute atomic E-state index is 9.02. The van der Waals surface area contributed by atoms with Crippen molar-refractivity contribution in [1.82, 2.24) is 9.97 Å². The van der Waals surface area contributed by atoms with Gasteiger partial charge in [0.05, 0.1) is 5.69 Å². The topological polar surface area (TPSA) is 109 Å². The molecular formula is C16H10N6S. The molecule has 0 amide bonds. The summed E-state index contributed by atoms with van der Waals surface area (Å²) in [5.74, 6) is 0. The van der Waals surface area contributed by atoms with Crippen molar-refractivity contribution in [1.29, 1.82) is 15.8 Å². The molecule has 0 radical (unpaired) electrons. The summed E-state index contributed by atoms with van der Waals surface area (Å²) in [5.41, 5.74) is 1.97. The van der Waals surface area contributed by atoms with E-state index in [1.807, 2.05) is 30.5 Å². The highest BCUT2D eigenvalue weighted by Crippen LogP contribution is 2.22. The summed E-state index contributed by atoms with van der Waals surface area (Å²) in [7, 11) is 0. The normalized spacial score (nSPS) is 9.13. The van der Waals surface area contributed by atoms with Gasteiger partial charge in [-0.25, -0.2) is 9.97 Å². The maximum atomic E-state index is 9.02. The van der Waals surface area contributed by atoms with Crippen LogP contribution in [-0.2, 0) is 0 Å². The predicted octanol–water partition coefficient (Wildman–Crippen LogP) is 3.10. The Hall–Kier alpha value is -3.34. The third-order valence-corrected chi connectivity index (χ3v) is 3.41. The van der Waals surface area contributed by atoms with Crippen molar-refractivity contribution in [3.05, 3.63) is 47.8 Å². The van der Waals surface area contributed by atoms with Gasteiger partial charge >= 0.3 is 0 Å². The first-order valence-corrected chi connectivity index (χ1v) is 7.63. The number of nitriles is 3. The molecule has 2 aromatic rings. The summed E-state index contributed by atoms with van der Waals surface area (Å²) < 4.78 is 0. The minimum Gasteiger partial charge on any atom is -0.345 e. The summed E-state index contributed by atoms with van der Waals surface area (Å²) in [6.45, 7) is 0. The van der Waals surface area contributed by atoms with E-state index in [0.717, 1.165) is 11.3 Å². The third-order valence-electron chi connectivity index (χ3n) is 2.85. The molecule has 110 valence electrons. The minimum atomic E-state index is -0.253. The number of allylic oxidation sites excluding steroid dienone is 2. The van der Waals surface area contributed by atoms with Crippen molar-refractivity contribution in [3.8, 4) is 29.5 Å². The summed E-state index contributed by atoms with van der Waals surface area (Å²) in [6.07, 6.45) is 3.60. The molecule has 6 nitrogen and oxygen atoms in total. The van der Waals surface area contributed by atoms with Gasteiger partial charge in [-0.1, -0.05) is 23.9 Å². The summed E-state index contributed by atoms with van der Waals surface area (Å²) in [5, 5.41) is 30.1. The van der Waals surface area contributed by atoms with Gasteiger partial charge in [-0.05, 0) is 24.5 Å². The second-order valence-electron chi connectivity index (χ2n) is 4.22. The molecule has 23 heavy (non-hydrogen) atoms. The molecule has 0 atom stereocenters. The number of aromatic nitrogens is 2. The van der Waals surface area contributed by atoms with Crippen LogP contribution < -0.4 is 5.32 Å². The van der Waals surface area contributed by atoms with E-state index in [-0.39, 0.29) is 11.3 Å². The summed E-state index contributed by atoms with van der Waals surface area (Å²) in [6, 6.07) is 14.2. The van der Waals surface area contributed by atoms with Crippen LogP contribution in [0.15, 0.2) is 53.0 Å². The second kappa shape index (κ2) is 7.61. The largest absolute Gasteiger partial charge is 0.345 e. The van der Waals surface area contributed by atoms with Crippen LogP contribution in [0.1, 0.15) is 0 Å². The fourth-order valence-corrected chi connectivity index (χ4v) is 2.11. The number of hydrogen-bond acceptors (Lipinski definition) is 7. The Bertz CT molecular complexity index is 849. The molecule has 0 fully saturated rings. The Labute approximate surface area is 137 Å². The van der Waals surface area contributed by atoms with Crippen molar-refractivity contribution in [2.45, 2.75) is 5.16 Å². The first kappa shape index (κ1) is 16.0. The molecule has 1 N–H and O–H groups in total. The lowest BCUT2D eigenvalue weighted by Crippen LogP contribution is -2.00. The van der Waals surface area contributed by atoms with Crippen LogP contribution >= 0.6 is 11.8 Å². The molecule has 0 aliphatic carbocycles. The van der Waals surface area contributed by atoms with E-state index in [0.29, 0.717) is 10.8 Å². The van der Waals surface area contributed by atoms with Gasteiger partial charge in [-0.3, -0.25) is 0 Å². The molecule has 0 bridgehead atoms. The Balaban J connectivity index is 2.27. The first-order chi connectivity index (χ1) is 11.2. The lowest BCUT2D eigenvalue weighted by Gasteiger charge is -2.06. The van der Waals surface area contributed by atoms with Gasteiger partial charge in [0.2, 0.25) is 0 Å². The Morgan fingerprint density at radius 3 is 2.30 bits per heavy atom. The molecule has 0 spiro atoms. The number of nitrogens with one attached hydrogen (secondary N) is 1. The van der Waals surface area contributed by atoms with Crippen LogP contribution in [0.2, 0.25) is 0 Å². The minimum absolute atomic E-state index is 0.0746. The van der Waals surface area contributed by atoms with Gasteiger partial charge in [0.15, 0.2) is 10.7 Å². The van der Waals surface area contributed by atoms with E-state index in [9.17, 15) is 0 Å². The third kappa shape index (κ3) is 3.85. The zero-order valence-electron chi connectivity index (χ0n) is 12.1. The molecular weight excluding hydrogens is 308 g/mol. The lowest BCUT2D eigenvalue weighted by atomic mass is 10.1. The van der Waals surface area contributed by atoms with E-state index in [1.54, 1.807) is 30.5 Å². The molecule has 0 saturated carbocycles. The highest BCUT2D eigenvalue weighted by molar-refractivity contribution is 7.98. The van der Waals surface area contributed by atoms with Gasteiger partial charge in [0, 0.05) is 17.4 Å². The molecule has 0 aliphatic rings. The fraction of sp³-hybridized carbons (Fsp3) is 0.0625. The van der Waals surface area contributed by atoms with Gasteiger partial charge in [0.25, 0.3) is 0 Å². The average molecular weight is 318 g/mol. The van der Waals surface area contributed by atoms with Gasteiger partial charge in [0.1, 0.15) is 23.9 Å². The highest BCUT2D eigenvalue weighted by Gasteiger charge is 2.07. The van der Waals surface area contributed by atoms with Gasteiger partial charge in [-0.2, -0.15) is 15.8 Å². The van der Waals surface area contributed by atoms with Crippen LogP contribution in [0, 0.1) is 34.0 Å². The average Bonchev–Trinajstić information content (AvgIpc) is 2.62. The zero-order valence-corrected chi connectivity index (χ0v) is 12.9. The molecule has 0 unspecified atom stereocenters. The van der Waals surface area contributed by atoms with Crippen molar-refractivity contribution >= 4 is 17.4 Å². The number of thioether (sulfide) groups is 1. The van der Waals surface area contributed by atoms with Gasteiger partial charge in [-0.15, -0.1) is 0 Å². The van der Waals surface area contributed by atoms with E-state index >= 15 is 0 Å². The predicted molar refractivity (Wildman–Crippen MR) is 86.7 cm³/mol. The van der Waals surface area contributed by atoms with Crippen molar-refractivity contribution < 1.29 is 0 Å². The number of nitrogens with zero attached hydrogens (tertiary/aromatic N) is 5. The number of benzene rings is 1. The van der Waals surface area contributed by atoms with Crippen LogP contribution in [0.5, 0.6) is 0 Å². The van der Waals surface area contributed by atoms with Crippen LogP contribution in [0.3, 0.4) is 0 Å². The smallest absolute Gasteiger partial charge is 0.187 e. The Kier molecular flexibility index (Phi) is 5.30. The quantitative estimate of drug-likeness (QED) is 0.524. The SMILES string of the molecule is CSc1nccc(-c2ccc(NC(C#N)=C(C#N)C#N)cc2)n1. The van der Waals surface area contributed by atoms with Gasteiger partial charge < -0.3 is 5.32 Å². The monoisotopic (exact) mass is 318 g/mol. The van der Waals surface area contributed by atoms with E-state index < -0.39 is 0 Å². The number of hydrogen-bond donors (Lipinski definition) is 1. The van der Waals surface area contributed by atoms with Crippen molar-refractivity contribution in [2.24, 2.45) is 0 Å². The fourth-order valence-electron chi connectivity index (χ4n) is 1.75. The molecule has 0 saturated heterocycles. The van der Waals surface area contributed by atoms with Crippen LogP contribution in [-0.4, -0.2) is 16.2 Å². The van der Waals surface area contributed by atoms with Crippen molar-refractivity contribution in [2.75, 3.05) is 11.6 Å². The Morgan fingerprint density at radius 2 is 1.74 bits per heavy atom. The molecule has 7 heteroatoms. The molecule has 1 aromatic heterocycles. The molecule has 1 aromatic carbocycles.